The number of amides is 1. The number of carbonyl (C=O) groups excluding carboxylic acids is 1. The van der Waals surface area contributed by atoms with Crippen LogP contribution in [0.4, 0.5) is 5.69 Å². The van der Waals surface area contributed by atoms with Crippen molar-refractivity contribution >= 4 is 23.4 Å². The first kappa shape index (κ1) is 13.9. The highest BCUT2D eigenvalue weighted by Gasteiger charge is 2.27. The van der Waals surface area contributed by atoms with Crippen molar-refractivity contribution in [2.24, 2.45) is 11.3 Å². The molecule has 0 fully saturated rings. The summed E-state index contributed by atoms with van der Waals surface area (Å²) in [6, 6.07) is 5.78. The van der Waals surface area contributed by atoms with Crippen molar-refractivity contribution < 1.29 is 4.79 Å². The quantitative estimate of drug-likeness (QED) is 0.251. The van der Waals surface area contributed by atoms with E-state index in [2.05, 4.69) is 5.43 Å². The van der Waals surface area contributed by atoms with Gasteiger partial charge in [0.05, 0.1) is 5.41 Å². The number of thioether (sulfide) groups is 1. The summed E-state index contributed by atoms with van der Waals surface area (Å²) in [6.07, 6.45) is 0. The van der Waals surface area contributed by atoms with Crippen molar-refractivity contribution in [1.29, 1.82) is 0 Å². The molecule has 5 N–H and O–H groups in total. The maximum absolute atomic E-state index is 11.5. The van der Waals surface area contributed by atoms with Gasteiger partial charge in [0.25, 0.3) is 0 Å². The lowest BCUT2D eigenvalue weighted by atomic mass is 9.96. The van der Waals surface area contributed by atoms with Crippen LogP contribution in [0.25, 0.3) is 0 Å². The third kappa shape index (κ3) is 3.64. The number of nitrogen functional groups attached to an aromatic ring is 1. The first-order valence-corrected chi connectivity index (χ1v) is 6.35. The summed E-state index contributed by atoms with van der Waals surface area (Å²) in [4.78, 5) is 12.6. The smallest absolute Gasteiger partial charge is 0.240 e. The fourth-order valence-corrected chi connectivity index (χ4v) is 2.45. The molecular formula is C12H19N3OS. The number of carbonyl (C=O) groups is 1. The normalized spacial score (nSPS) is 11.3. The van der Waals surface area contributed by atoms with E-state index in [0.29, 0.717) is 5.75 Å². The van der Waals surface area contributed by atoms with Crippen molar-refractivity contribution in [3.8, 4) is 0 Å². The maximum Gasteiger partial charge on any atom is 0.240 e. The molecule has 1 aromatic rings. The fourth-order valence-electron chi connectivity index (χ4n) is 1.29. The van der Waals surface area contributed by atoms with Crippen LogP contribution in [0.3, 0.4) is 0 Å². The van der Waals surface area contributed by atoms with Crippen LogP contribution < -0.4 is 17.0 Å². The van der Waals surface area contributed by atoms with E-state index in [4.69, 9.17) is 11.6 Å². The zero-order chi connectivity index (χ0) is 13.1. The number of aryl methyl sites for hydroxylation is 1. The van der Waals surface area contributed by atoms with E-state index in [1.54, 1.807) is 11.8 Å². The molecule has 0 aliphatic rings. The summed E-state index contributed by atoms with van der Waals surface area (Å²) >= 11 is 1.62. The molecule has 0 aromatic heterocycles. The van der Waals surface area contributed by atoms with Crippen LogP contribution in [0.15, 0.2) is 23.1 Å². The van der Waals surface area contributed by atoms with E-state index in [-0.39, 0.29) is 5.91 Å². The van der Waals surface area contributed by atoms with Gasteiger partial charge < -0.3 is 5.73 Å². The van der Waals surface area contributed by atoms with Gasteiger partial charge in [-0.05, 0) is 24.6 Å². The number of benzene rings is 1. The predicted molar refractivity (Wildman–Crippen MR) is 72.4 cm³/mol. The van der Waals surface area contributed by atoms with Gasteiger partial charge in [0.1, 0.15) is 0 Å². The molecule has 94 valence electrons. The van der Waals surface area contributed by atoms with Crippen LogP contribution >= 0.6 is 11.8 Å². The second kappa shape index (κ2) is 5.42. The molecule has 1 rings (SSSR count). The average Bonchev–Trinajstić information content (AvgIpc) is 2.29. The summed E-state index contributed by atoms with van der Waals surface area (Å²) in [6.45, 7) is 5.76. The van der Waals surface area contributed by atoms with Gasteiger partial charge in [-0.2, -0.15) is 0 Å². The molecule has 0 bridgehead atoms. The second-order valence-corrected chi connectivity index (χ2v) is 5.69. The molecule has 0 unspecified atom stereocenters. The zero-order valence-corrected chi connectivity index (χ0v) is 11.2. The van der Waals surface area contributed by atoms with Crippen molar-refractivity contribution in [2.75, 3.05) is 11.5 Å². The standard InChI is InChI=1S/C12H19N3OS/c1-8-4-5-9(13)6-10(8)17-7-12(2,3)11(16)15-14/h4-6H,7,13-14H2,1-3H3,(H,15,16). The Balaban J connectivity index is 2.73. The monoisotopic (exact) mass is 253 g/mol. The Hall–Kier alpha value is -1.20. The average molecular weight is 253 g/mol. The van der Waals surface area contributed by atoms with Crippen LogP contribution in [0, 0.1) is 12.3 Å². The Morgan fingerprint density at radius 1 is 1.47 bits per heavy atom. The predicted octanol–water partition coefficient (Wildman–Crippen LogP) is 1.69. The van der Waals surface area contributed by atoms with Crippen LogP contribution in [0.1, 0.15) is 19.4 Å². The molecule has 4 nitrogen and oxygen atoms in total. The van der Waals surface area contributed by atoms with Crippen LogP contribution in [-0.4, -0.2) is 11.7 Å². The highest BCUT2D eigenvalue weighted by molar-refractivity contribution is 7.99. The third-order valence-corrected chi connectivity index (χ3v) is 4.16. The van der Waals surface area contributed by atoms with Crippen LogP contribution in [0.2, 0.25) is 0 Å². The molecule has 5 heteroatoms. The van der Waals surface area contributed by atoms with Gasteiger partial charge in [-0.3, -0.25) is 10.2 Å². The maximum atomic E-state index is 11.5. The molecule has 0 atom stereocenters. The summed E-state index contributed by atoms with van der Waals surface area (Å²) in [5.74, 6) is 5.64. The number of rotatable bonds is 4. The van der Waals surface area contributed by atoms with Crippen molar-refractivity contribution in [1.82, 2.24) is 5.43 Å². The number of nitrogens with one attached hydrogen (secondary N) is 1. The molecule has 1 amide bonds. The largest absolute Gasteiger partial charge is 0.399 e. The van der Waals surface area contributed by atoms with Gasteiger partial charge in [-0.15, -0.1) is 11.8 Å². The zero-order valence-electron chi connectivity index (χ0n) is 10.4. The molecule has 0 spiro atoms. The Morgan fingerprint density at radius 3 is 2.71 bits per heavy atom. The molecule has 17 heavy (non-hydrogen) atoms. The van der Waals surface area contributed by atoms with Crippen molar-refractivity contribution in [2.45, 2.75) is 25.7 Å². The molecule has 0 radical (unpaired) electrons. The lowest BCUT2D eigenvalue weighted by Crippen LogP contribution is -2.42. The Labute approximate surface area is 106 Å². The molecular weight excluding hydrogens is 234 g/mol. The summed E-state index contributed by atoms with van der Waals surface area (Å²) in [5.41, 5.74) is 9.32. The second-order valence-electron chi connectivity index (χ2n) is 4.67. The lowest BCUT2D eigenvalue weighted by molar-refractivity contribution is -0.128. The van der Waals surface area contributed by atoms with Gasteiger partial charge in [0.2, 0.25) is 5.91 Å². The first-order valence-electron chi connectivity index (χ1n) is 5.37. The van der Waals surface area contributed by atoms with E-state index >= 15 is 0 Å². The van der Waals surface area contributed by atoms with E-state index in [1.807, 2.05) is 39.0 Å². The molecule has 0 aliphatic carbocycles. The third-order valence-electron chi connectivity index (χ3n) is 2.55. The van der Waals surface area contributed by atoms with Crippen LogP contribution in [-0.2, 0) is 4.79 Å². The van der Waals surface area contributed by atoms with E-state index in [1.165, 1.54) is 0 Å². The minimum atomic E-state index is -0.504. The lowest BCUT2D eigenvalue weighted by Gasteiger charge is -2.22. The van der Waals surface area contributed by atoms with Crippen molar-refractivity contribution in [3.63, 3.8) is 0 Å². The Morgan fingerprint density at radius 2 is 2.12 bits per heavy atom. The number of anilines is 1. The molecule has 0 heterocycles. The topological polar surface area (TPSA) is 81.1 Å². The van der Waals surface area contributed by atoms with Gasteiger partial charge in [0.15, 0.2) is 0 Å². The van der Waals surface area contributed by atoms with Gasteiger partial charge in [-0.1, -0.05) is 19.9 Å². The summed E-state index contributed by atoms with van der Waals surface area (Å²) < 4.78 is 0. The van der Waals surface area contributed by atoms with Gasteiger partial charge in [0, 0.05) is 16.3 Å². The minimum absolute atomic E-state index is 0.161. The number of hydrogen-bond acceptors (Lipinski definition) is 4. The van der Waals surface area contributed by atoms with Crippen molar-refractivity contribution in [3.05, 3.63) is 23.8 Å². The SMILES string of the molecule is Cc1ccc(N)cc1SCC(C)(C)C(=O)NN. The fraction of sp³-hybridized carbons (Fsp3) is 0.417. The molecule has 0 aliphatic heterocycles. The minimum Gasteiger partial charge on any atom is -0.399 e. The van der Waals surface area contributed by atoms with Gasteiger partial charge >= 0.3 is 0 Å². The Kier molecular flexibility index (Phi) is 4.42. The van der Waals surface area contributed by atoms with E-state index in [0.717, 1.165) is 16.1 Å². The number of hydrogen-bond donors (Lipinski definition) is 3. The molecule has 1 aromatic carbocycles. The van der Waals surface area contributed by atoms with Gasteiger partial charge in [-0.25, -0.2) is 5.84 Å². The first-order chi connectivity index (χ1) is 7.86. The molecule has 0 saturated heterocycles. The highest BCUT2D eigenvalue weighted by atomic mass is 32.2. The van der Waals surface area contributed by atoms with E-state index < -0.39 is 5.41 Å². The van der Waals surface area contributed by atoms with Crippen LogP contribution in [0.5, 0.6) is 0 Å². The number of nitrogens with two attached hydrogens (primary N) is 2. The highest BCUT2D eigenvalue weighted by Crippen LogP contribution is 2.30. The van der Waals surface area contributed by atoms with E-state index in [9.17, 15) is 4.79 Å². The Bertz CT molecular complexity index is 418. The number of hydrazine groups is 1. The summed E-state index contributed by atoms with van der Waals surface area (Å²) in [5, 5.41) is 0. The molecule has 0 saturated carbocycles. The summed E-state index contributed by atoms with van der Waals surface area (Å²) in [7, 11) is 0.